The molecule has 0 atom stereocenters. The first kappa shape index (κ1) is 24.3. The monoisotopic (exact) mass is 491 g/mol. The van der Waals surface area contributed by atoms with Crippen molar-refractivity contribution in [3.05, 3.63) is 59.4 Å². The van der Waals surface area contributed by atoms with Gasteiger partial charge >= 0.3 is 0 Å². The maximum absolute atomic E-state index is 14.4. The first-order valence-corrected chi connectivity index (χ1v) is 12.5. The third kappa shape index (κ3) is 3.94. The number of nitrogens with zero attached hydrogens (tertiary/aromatic N) is 3. The number of fused-ring (bicyclic) bond motifs is 2. The minimum absolute atomic E-state index is 0.0777. The van der Waals surface area contributed by atoms with Crippen LogP contribution in [0.25, 0.3) is 27.5 Å². The lowest BCUT2D eigenvalue weighted by molar-refractivity contribution is -0.120. The summed E-state index contributed by atoms with van der Waals surface area (Å²) in [4.78, 5) is 25.2. The number of carbonyl (C=O) groups excluding carboxylic acids is 2. The number of carbonyl (C=O) groups is 2. The summed E-state index contributed by atoms with van der Waals surface area (Å²) in [6.45, 7) is 9.77. The van der Waals surface area contributed by atoms with Gasteiger partial charge in [0.05, 0.1) is 17.2 Å². The highest BCUT2D eigenvalue weighted by Crippen LogP contribution is 2.44. The van der Waals surface area contributed by atoms with E-state index < -0.39 is 17.0 Å². The molecule has 1 aliphatic rings. The lowest BCUT2D eigenvalue weighted by Gasteiger charge is -2.24. The zero-order chi connectivity index (χ0) is 25.9. The third-order valence-corrected chi connectivity index (χ3v) is 7.23. The molecular weight excluding hydrogens is 460 g/mol. The Kier molecular flexibility index (Phi) is 5.85. The Balaban J connectivity index is 1.86. The Morgan fingerprint density at radius 2 is 1.72 bits per heavy atom. The molecule has 0 N–H and O–H groups in total. The molecule has 4 aromatic rings. The number of hydrogen-bond donors (Lipinski definition) is 0. The minimum atomic E-state index is -0.904. The van der Waals surface area contributed by atoms with E-state index in [0.717, 1.165) is 46.5 Å². The second-order valence-corrected chi connectivity index (χ2v) is 11.2. The highest BCUT2D eigenvalue weighted by atomic mass is 19.2. The molecule has 36 heavy (non-hydrogen) atoms. The Labute approximate surface area is 209 Å². The van der Waals surface area contributed by atoms with Crippen LogP contribution in [-0.2, 0) is 4.79 Å². The van der Waals surface area contributed by atoms with Gasteiger partial charge in [-0.15, -0.1) is 0 Å². The van der Waals surface area contributed by atoms with Gasteiger partial charge in [0, 0.05) is 46.5 Å². The lowest BCUT2D eigenvalue weighted by atomic mass is 9.81. The zero-order valence-corrected chi connectivity index (χ0v) is 21.4. The smallest absolute Gasteiger partial charge is 0.252 e. The van der Waals surface area contributed by atoms with Crippen LogP contribution < -0.4 is 0 Å². The number of halogens is 2. The van der Waals surface area contributed by atoms with Gasteiger partial charge in [0.1, 0.15) is 5.78 Å². The minimum Gasteiger partial charge on any atom is -0.313 e. The number of benzene rings is 2. The van der Waals surface area contributed by atoms with E-state index in [1.807, 2.05) is 37.5 Å². The molecule has 1 fully saturated rings. The van der Waals surface area contributed by atoms with Crippen molar-refractivity contribution in [3.63, 3.8) is 0 Å². The van der Waals surface area contributed by atoms with Gasteiger partial charge < -0.3 is 4.57 Å². The quantitative estimate of drug-likeness (QED) is 0.302. The fourth-order valence-corrected chi connectivity index (χ4v) is 5.46. The second kappa shape index (κ2) is 8.64. The van der Waals surface area contributed by atoms with Crippen molar-refractivity contribution < 1.29 is 18.4 Å². The van der Waals surface area contributed by atoms with E-state index in [1.54, 1.807) is 12.3 Å². The van der Waals surface area contributed by atoms with E-state index in [9.17, 15) is 18.4 Å². The summed E-state index contributed by atoms with van der Waals surface area (Å²) in [6, 6.07) is 7.96. The first-order chi connectivity index (χ1) is 17.0. The highest BCUT2D eigenvalue weighted by Gasteiger charge is 2.31. The summed E-state index contributed by atoms with van der Waals surface area (Å²) in [5.74, 6) is -1.39. The van der Waals surface area contributed by atoms with Crippen molar-refractivity contribution in [1.82, 2.24) is 14.3 Å². The molecule has 1 aliphatic carbocycles. The van der Waals surface area contributed by atoms with Crippen molar-refractivity contribution >= 4 is 33.5 Å². The van der Waals surface area contributed by atoms with Gasteiger partial charge in [0.2, 0.25) is 0 Å². The number of ketones is 1. The van der Waals surface area contributed by atoms with Crippen LogP contribution >= 0.6 is 0 Å². The molecule has 0 saturated heterocycles. The molecule has 5 nitrogen and oxygen atoms in total. The van der Waals surface area contributed by atoms with Crippen LogP contribution in [0, 0.1) is 17.0 Å². The molecule has 0 amide bonds. The zero-order valence-electron chi connectivity index (χ0n) is 21.4. The van der Waals surface area contributed by atoms with Crippen LogP contribution in [0.3, 0.4) is 0 Å². The average molecular weight is 492 g/mol. The molecule has 0 unspecified atom stereocenters. The van der Waals surface area contributed by atoms with Crippen LogP contribution in [0.2, 0.25) is 0 Å². The van der Waals surface area contributed by atoms with Gasteiger partial charge in [-0.3, -0.25) is 9.59 Å². The molecule has 0 aliphatic heterocycles. The molecule has 0 bridgehead atoms. The molecule has 0 spiro atoms. The number of Topliss-reactive ketones (excluding diaryl/α,β-unsaturated/α-hetero) is 1. The van der Waals surface area contributed by atoms with Crippen LogP contribution in [0.5, 0.6) is 0 Å². The van der Waals surface area contributed by atoms with Crippen molar-refractivity contribution in [2.75, 3.05) is 0 Å². The summed E-state index contributed by atoms with van der Waals surface area (Å²) in [5, 5.41) is 6.16. The number of hydrogen-bond acceptors (Lipinski definition) is 3. The Hall–Kier alpha value is -3.35. The predicted octanol–water partition coefficient (Wildman–Crippen LogP) is 7.29. The standard InChI is InChI=1S/C29H31F2N3O2/c1-16(2)27-26(17-6-9-20(35)10-7-17)21-14-24-18(15-32-34(24)28(36)29(3,4)5)12-25(21)33(27)19-8-11-22(30)23(31)13-19/h8,11-17H,6-7,9-10H2,1-5H3. The fraction of sp³-hybridized carbons (Fsp3) is 0.414. The van der Waals surface area contributed by atoms with Crippen molar-refractivity contribution in [2.24, 2.45) is 5.41 Å². The van der Waals surface area contributed by atoms with E-state index in [1.165, 1.54) is 10.7 Å². The average Bonchev–Trinajstić information content (AvgIpc) is 3.37. The number of rotatable bonds is 3. The molecule has 2 aromatic heterocycles. The molecule has 7 heteroatoms. The maximum Gasteiger partial charge on any atom is 0.252 e. The molecule has 5 rings (SSSR count). The highest BCUT2D eigenvalue weighted by molar-refractivity contribution is 6.02. The van der Waals surface area contributed by atoms with Gasteiger partial charge in [-0.2, -0.15) is 9.78 Å². The van der Waals surface area contributed by atoms with Crippen LogP contribution in [-0.4, -0.2) is 26.0 Å². The van der Waals surface area contributed by atoms with Gasteiger partial charge in [-0.1, -0.05) is 34.6 Å². The van der Waals surface area contributed by atoms with Gasteiger partial charge in [-0.25, -0.2) is 8.78 Å². The molecule has 2 aromatic carbocycles. The second-order valence-electron chi connectivity index (χ2n) is 11.2. The summed E-state index contributed by atoms with van der Waals surface area (Å²) < 4.78 is 31.7. The summed E-state index contributed by atoms with van der Waals surface area (Å²) >= 11 is 0. The molecular formula is C29H31F2N3O2. The van der Waals surface area contributed by atoms with Crippen molar-refractivity contribution in [3.8, 4) is 5.69 Å². The lowest BCUT2D eigenvalue weighted by Crippen LogP contribution is -2.27. The largest absolute Gasteiger partial charge is 0.313 e. The molecule has 0 radical (unpaired) electrons. The Morgan fingerprint density at radius 1 is 1.03 bits per heavy atom. The molecule has 1 saturated carbocycles. The van der Waals surface area contributed by atoms with E-state index in [0.29, 0.717) is 24.0 Å². The maximum atomic E-state index is 14.4. The summed E-state index contributed by atoms with van der Waals surface area (Å²) in [6.07, 6.45) is 4.22. The van der Waals surface area contributed by atoms with E-state index >= 15 is 0 Å². The van der Waals surface area contributed by atoms with Crippen LogP contribution in [0.4, 0.5) is 8.78 Å². The topological polar surface area (TPSA) is 56.9 Å². The van der Waals surface area contributed by atoms with Crippen LogP contribution in [0.1, 0.15) is 88.2 Å². The third-order valence-electron chi connectivity index (χ3n) is 7.23. The van der Waals surface area contributed by atoms with Crippen molar-refractivity contribution in [2.45, 2.75) is 72.1 Å². The van der Waals surface area contributed by atoms with Crippen LogP contribution in [0.15, 0.2) is 36.5 Å². The molecule has 188 valence electrons. The van der Waals surface area contributed by atoms with E-state index in [4.69, 9.17) is 0 Å². The van der Waals surface area contributed by atoms with E-state index in [-0.39, 0.29) is 23.5 Å². The normalized spacial score (nSPS) is 15.5. The summed E-state index contributed by atoms with van der Waals surface area (Å²) in [5.41, 5.74) is 3.64. The first-order valence-electron chi connectivity index (χ1n) is 12.5. The molecule has 2 heterocycles. The SMILES string of the molecule is CC(C)c1c(C2CCC(=O)CC2)c2cc3c(cnn3C(=O)C(C)(C)C)cc2n1-c1ccc(F)c(F)c1. The van der Waals surface area contributed by atoms with Gasteiger partial charge in [-0.05, 0) is 54.5 Å². The van der Waals surface area contributed by atoms with Crippen molar-refractivity contribution in [1.29, 1.82) is 0 Å². The van der Waals surface area contributed by atoms with E-state index in [2.05, 4.69) is 18.9 Å². The van der Waals surface area contributed by atoms with Gasteiger partial charge in [0.25, 0.3) is 5.91 Å². The Morgan fingerprint density at radius 3 is 2.33 bits per heavy atom. The predicted molar refractivity (Wildman–Crippen MR) is 137 cm³/mol. The number of aromatic nitrogens is 3. The fourth-order valence-electron chi connectivity index (χ4n) is 5.46. The van der Waals surface area contributed by atoms with Gasteiger partial charge in [0.15, 0.2) is 11.6 Å². The summed E-state index contributed by atoms with van der Waals surface area (Å²) in [7, 11) is 0. The Bertz CT molecular complexity index is 1510.